The summed E-state index contributed by atoms with van der Waals surface area (Å²) in [4.78, 5) is 25.2. The van der Waals surface area contributed by atoms with Crippen LogP contribution in [0.4, 0.5) is 0 Å². The van der Waals surface area contributed by atoms with Crippen molar-refractivity contribution < 1.29 is 4.79 Å². The van der Waals surface area contributed by atoms with Crippen molar-refractivity contribution in [3.63, 3.8) is 0 Å². The standard InChI is InChI=1S/C20H31N5O.HI/c1-21-20(25-14-16-7-3-4-8-17(16)15-25)23-13-19(26)24(2)12-10-18-9-5-6-11-22-18;/h5-6,9,11,16-17H,3-4,7-8,10,12-15H2,1-2H3,(H,21,23);1H. The molecule has 2 heterocycles. The molecule has 27 heavy (non-hydrogen) atoms. The van der Waals surface area contributed by atoms with E-state index in [-0.39, 0.29) is 36.4 Å². The molecule has 2 unspecified atom stereocenters. The van der Waals surface area contributed by atoms with E-state index in [4.69, 9.17) is 0 Å². The Labute approximate surface area is 179 Å². The molecule has 1 saturated heterocycles. The number of nitrogens with zero attached hydrogens (tertiary/aromatic N) is 4. The average molecular weight is 485 g/mol. The van der Waals surface area contributed by atoms with Crippen LogP contribution in [0.5, 0.6) is 0 Å². The summed E-state index contributed by atoms with van der Waals surface area (Å²) in [6, 6.07) is 5.87. The number of aliphatic imine (C=N–C) groups is 1. The van der Waals surface area contributed by atoms with Crippen LogP contribution >= 0.6 is 24.0 Å². The van der Waals surface area contributed by atoms with Crippen LogP contribution in [0.3, 0.4) is 0 Å². The summed E-state index contributed by atoms with van der Waals surface area (Å²) in [5, 5.41) is 3.27. The molecule has 150 valence electrons. The predicted octanol–water partition coefficient (Wildman–Crippen LogP) is 2.40. The van der Waals surface area contributed by atoms with E-state index < -0.39 is 0 Å². The van der Waals surface area contributed by atoms with Gasteiger partial charge in [-0.1, -0.05) is 18.9 Å². The number of likely N-dealkylation sites (N-methyl/N-ethyl adjacent to an activating group) is 1. The largest absolute Gasteiger partial charge is 0.347 e. The highest BCUT2D eigenvalue weighted by Gasteiger charge is 2.35. The first-order valence-corrected chi connectivity index (χ1v) is 9.77. The second-order valence-corrected chi connectivity index (χ2v) is 7.50. The van der Waals surface area contributed by atoms with Gasteiger partial charge in [0.15, 0.2) is 5.96 Å². The summed E-state index contributed by atoms with van der Waals surface area (Å²) >= 11 is 0. The second kappa shape index (κ2) is 10.8. The molecule has 1 amide bonds. The Kier molecular flexibility index (Phi) is 8.79. The van der Waals surface area contributed by atoms with Crippen molar-refractivity contribution in [2.75, 3.05) is 40.3 Å². The van der Waals surface area contributed by atoms with Gasteiger partial charge in [-0.3, -0.25) is 14.8 Å². The highest BCUT2D eigenvalue weighted by atomic mass is 127. The van der Waals surface area contributed by atoms with Crippen LogP contribution in [0, 0.1) is 11.8 Å². The molecule has 0 radical (unpaired) electrons. The van der Waals surface area contributed by atoms with Gasteiger partial charge in [0, 0.05) is 52.0 Å². The normalized spacial score (nSPS) is 22.0. The zero-order valence-corrected chi connectivity index (χ0v) is 18.8. The number of amides is 1. The molecular weight excluding hydrogens is 453 g/mol. The van der Waals surface area contributed by atoms with E-state index >= 15 is 0 Å². The van der Waals surface area contributed by atoms with Gasteiger partial charge in [0.25, 0.3) is 0 Å². The van der Waals surface area contributed by atoms with E-state index in [1.165, 1.54) is 25.7 Å². The minimum Gasteiger partial charge on any atom is -0.347 e. The number of hydrogen-bond donors (Lipinski definition) is 1. The SMILES string of the molecule is CN=C(NCC(=O)N(C)CCc1ccccn1)N1CC2CCCCC2C1.I. The third-order valence-electron chi connectivity index (χ3n) is 5.74. The Bertz CT molecular complexity index is 610. The molecule has 2 aliphatic rings. The summed E-state index contributed by atoms with van der Waals surface area (Å²) in [5.74, 6) is 2.56. The van der Waals surface area contributed by atoms with Crippen molar-refractivity contribution in [1.82, 2.24) is 20.1 Å². The molecule has 1 N–H and O–H groups in total. The smallest absolute Gasteiger partial charge is 0.241 e. The number of fused-ring (bicyclic) bond motifs is 1. The van der Waals surface area contributed by atoms with Crippen molar-refractivity contribution in [3.8, 4) is 0 Å². The molecule has 6 nitrogen and oxygen atoms in total. The lowest BCUT2D eigenvalue weighted by Crippen LogP contribution is -2.45. The molecule has 1 aliphatic carbocycles. The van der Waals surface area contributed by atoms with E-state index in [1.807, 2.05) is 25.2 Å². The lowest BCUT2D eigenvalue weighted by Gasteiger charge is -2.23. The Morgan fingerprint density at radius 2 is 2.00 bits per heavy atom. The van der Waals surface area contributed by atoms with Crippen molar-refractivity contribution in [3.05, 3.63) is 30.1 Å². The van der Waals surface area contributed by atoms with Gasteiger partial charge < -0.3 is 15.1 Å². The number of hydrogen-bond acceptors (Lipinski definition) is 3. The molecule has 3 rings (SSSR count). The van der Waals surface area contributed by atoms with Gasteiger partial charge in [-0.25, -0.2) is 0 Å². The van der Waals surface area contributed by atoms with Crippen molar-refractivity contribution in [2.24, 2.45) is 16.8 Å². The van der Waals surface area contributed by atoms with Crippen LogP contribution < -0.4 is 5.32 Å². The average Bonchev–Trinajstić information content (AvgIpc) is 3.11. The number of likely N-dealkylation sites (tertiary alicyclic amines) is 1. The number of rotatable bonds is 5. The Morgan fingerprint density at radius 3 is 2.59 bits per heavy atom. The summed E-state index contributed by atoms with van der Waals surface area (Å²) < 4.78 is 0. The fourth-order valence-corrected chi connectivity index (χ4v) is 4.15. The maximum absolute atomic E-state index is 12.4. The first-order chi connectivity index (χ1) is 12.7. The topological polar surface area (TPSA) is 60.8 Å². The first-order valence-electron chi connectivity index (χ1n) is 9.77. The Balaban J connectivity index is 0.00000261. The fourth-order valence-electron chi connectivity index (χ4n) is 4.15. The van der Waals surface area contributed by atoms with Crippen molar-refractivity contribution >= 4 is 35.8 Å². The molecule has 7 heteroatoms. The van der Waals surface area contributed by atoms with Crippen molar-refractivity contribution in [2.45, 2.75) is 32.1 Å². The molecule has 1 aromatic rings. The Hall–Kier alpha value is -1.38. The summed E-state index contributed by atoms with van der Waals surface area (Å²) in [6.07, 6.45) is 7.96. The summed E-state index contributed by atoms with van der Waals surface area (Å²) in [7, 11) is 3.65. The maximum Gasteiger partial charge on any atom is 0.241 e. The molecule has 1 aliphatic heterocycles. The highest BCUT2D eigenvalue weighted by Crippen LogP contribution is 2.35. The van der Waals surface area contributed by atoms with Gasteiger partial charge in [0.1, 0.15) is 0 Å². The van der Waals surface area contributed by atoms with E-state index in [1.54, 1.807) is 18.1 Å². The summed E-state index contributed by atoms with van der Waals surface area (Å²) in [5.41, 5.74) is 1.01. The minimum absolute atomic E-state index is 0. The molecule has 1 saturated carbocycles. The third kappa shape index (κ3) is 6.05. The van der Waals surface area contributed by atoms with Crippen LogP contribution in [0.2, 0.25) is 0 Å². The molecule has 0 bridgehead atoms. The first kappa shape index (κ1) is 21.9. The van der Waals surface area contributed by atoms with Crippen LogP contribution in [0.1, 0.15) is 31.4 Å². The quantitative estimate of drug-likeness (QED) is 0.396. The van der Waals surface area contributed by atoms with Gasteiger partial charge >= 0.3 is 0 Å². The van der Waals surface area contributed by atoms with Gasteiger partial charge in [-0.15, -0.1) is 24.0 Å². The number of pyridine rings is 1. The lowest BCUT2D eigenvalue weighted by molar-refractivity contribution is -0.128. The molecule has 2 fully saturated rings. The highest BCUT2D eigenvalue weighted by molar-refractivity contribution is 14.0. The minimum atomic E-state index is 0. The van der Waals surface area contributed by atoms with E-state index in [0.717, 1.165) is 43.0 Å². The number of nitrogens with one attached hydrogen (secondary N) is 1. The molecule has 0 aromatic carbocycles. The van der Waals surface area contributed by atoms with Crippen LogP contribution in [0.25, 0.3) is 0 Å². The van der Waals surface area contributed by atoms with Crippen LogP contribution in [-0.4, -0.2) is 66.9 Å². The van der Waals surface area contributed by atoms with E-state index in [2.05, 4.69) is 20.2 Å². The fraction of sp³-hybridized carbons (Fsp3) is 0.650. The van der Waals surface area contributed by atoms with Crippen molar-refractivity contribution in [1.29, 1.82) is 0 Å². The second-order valence-electron chi connectivity index (χ2n) is 7.50. The van der Waals surface area contributed by atoms with E-state index in [0.29, 0.717) is 6.54 Å². The lowest BCUT2D eigenvalue weighted by atomic mass is 9.82. The zero-order valence-electron chi connectivity index (χ0n) is 16.4. The van der Waals surface area contributed by atoms with Crippen LogP contribution in [-0.2, 0) is 11.2 Å². The molecular formula is C20H32IN5O. The number of aromatic nitrogens is 1. The van der Waals surface area contributed by atoms with Crippen LogP contribution in [0.15, 0.2) is 29.4 Å². The number of halogens is 1. The van der Waals surface area contributed by atoms with Gasteiger partial charge in [0.2, 0.25) is 5.91 Å². The monoisotopic (exact) mass is 485 g/mol. The van der Waals surface area contributed by atoms with Gasteiger partial charge in [-0.05, 0) is 36.8 Å². The molecule has 1 aromatic heterocycles. The van der Waals surface area contributed by atoms with Gasteiger partial charge in [-0.2, -0.15) is 0 Å². The number of carbonyl (C=O) groups excluding carboxylic acids is 1. The molecule has 0 spiro atoms. The summed E-state index contributed by atoms with van der Waals surface area (Å²) in [6.45, 7) is 3.11. The van der Waals surface area contributed by atoms with Gasteiger partial charge in [0.05, 0.1) is 6.54 Å². The predicted molar refractivity (Wildman–Crippen MR) is 119 cm³/mol. The van der Waals surface area contributed by atoms with E-state index in [9.17, 15) is 4.79 Å². The maximum atomic E-state index is 12.4. The zero-order chi connectivity index (χ0) is 18.4. The third-order valence-corrected chi connectivity index (χ3v) is 5.74. The number of guanidine groups is 1. The molecule has 2 atom stereocenters. The Morgan fingerprint density at radius 1 is 1.30 bits per heavy atom. The number of carbonyl (C=O) groups is 1.